The highest BCUT2D eigenvalue weighted by atomic mass is 15.0. The summed E-state index contributed by atoms with van der Waals surface area (Å²) in [6.45, 7) is 8.42. The Morgan fingerprint density at radius 3 is 2.07 bits per heavy atom. The van der Waals surface area contributed by atoms with Crippen LogP contribution in [0.5, 0.6) is 0 Å². The van der Waals surface area contributed by atoms with Gasteiger partial charge in [-0.2, -0.15) is 0 Å². The molecular formula is C13H22N2. The minimum absolute atomic E-state index is 0.179. The summed E-state index contributed by atoms with van der Waals surface area (Å²) < 4.78 is 0. The Labute approximate surface area is 92.9 Å². The van der Waals surface area contributed by atoms with Crippen molar-refractivity contribution in [1.29, 1.82) is 0 Å². The van der Waals surface area contributed by atoms with Gasteiger partial charge in [-0.3, -0.25) is 0 Å². The summed E-state index contributed by atoms with van der Waals surface area (Å²) in [6, 6.07) is 9.49. The van der Waals surface area contributed by atoms with E-state index in [2.05, 4.69) is 50.4 Å². The molecule has 1 aromatic carbocycles. The second kappa shape index (κ2) is 5.29. The smallest absolute Gasteiger partial charge is 0.0294 e. The van der Waals surface area contributed by atoms with Crippen LogP contribution in [0.4, 0.5) is 0 Å². The van der Waals surface area contributed by atoms with E-state index in [4.69, 9.17) is 5.73 Å². The van der Waals surface area contributed by atoms with Crippen LogP contribution >= 0.6 is 0 Å². The fraction of sp³-hybridized carbons (Fsp3) is 0.538. The Morgan fingerprint density at radius 1 is 1.07 bits per heavy atom. The molecule has 2 nitrogen and oxygen atoms in total. The van der Waals surface area contributed by atoms with Crippen molar-refractivity contribution in [3.63, 3.8) is 0 Å². The van der Waals surface area contributed by atoms with Crippen LogP contribution in [0.25, 0.3) is 0 Å². The Bertz CT molecular complexity index is 290. The van der Waals surface area contributed by atoms with Gasteiger partial charge < -0.3 is 11.1 Å². The molecule has 15 heavy (non-hydrogen) atoms. The van der Waals surface area contributed by atoms with E-state index in [1.807, 2.05) is 6.92 Å². The van der Waals surface area contributed by atoms with E-state index in [0.717, 1.165) is 0 Å². The Morgan fingerprint density at radius 2 is 1.60 bits per heavy atom. The molecule has 3 unspecified atom stereocenters. The molecule has 0 radical (unpaired) electrons. The van der Waals surface area contributed by atoms with E-state index in [1.54, 1.807) is 0 Å². The molecule has 0 saturated carbocycles. The molecule has 0 saturated heterocycles. The summed E-state index contributed by atoms with van der Waals surface area (Å²) >= 11 is 0. The second-order valence-corrected chi connectivity index (χ2v) is 4.45. The molecule has 0 aliphatic heterocycles. The van der Waals surface area contributed by atoms with Crippen molar-refractivity contribution < 1.29 is 0 Å². The lowest BCUT2D eigenvalue weighted by Gasteiger charge is -2.23. The number of hydrogen-bond acceptors (Lipinski definition) is 2. The number of rotatable bonds is 4. The summed E-state index contributed by atoms with van der Waals surface area (Å²) in [5.74, 6) is 0. The number of aryl methyl sites for hydroxylation is 1. The van der Waals surface area contributed by atoms with Gasteiger partial charge in [-0.15, -0.1) is 0 Å². The SMILES string of the molecule is Cc1ccc(C(C)NC(C)C(C)N)cc1. The molecule has 0 heterocycles. The first kappa shape index (κ1) is 12.2. The van der Waals surface area contributed by atoms with Crippen LogP contribution in [-0.4, -0.2) is 12.1 Å². The Balaban J connectivity index is 2.61. The maximum absolute atomic E-state index is 5.82. The van der Waals surface area contributed by atoms with Gasteiger partial charge in [0, 0.05) is 18.1 Å². The van der Waals surface area contributed by atoms with Gasteiger partial charge in [0.15, 0.2) is 0 Å². The average Bonchev–Trinajstić information content (AvgIpc) is 2.18. The fourth-order valence-corrected chi connectivity index (χ4v) is 1.50. The molecule has 0 amide bonds. The topological polar surface area (TPSA) is 38.0 Å². The van der Waals surface area contributed by atoms with Crippen molar-refractivity contribution in [2.45, 2.75) is 45.8 Å². The molecule has 3 N–H and O–H groups in total. The predicted octanol–water partition coefficient (Wildman–Crippen LogP) is 2.38. The highest BCUT2D eigenvalue weighted by molar-refractivity contribution is 5.23. The van der Waals surface area contributed by atoms with Crippen molar-refractivity contribution in [2.24, 2.45) is 5.73 Å². The maximum Gasteiger partial charge on any atom is 0.0294 e. The molecule has 1 rings (SSSR count). The normalized spacial score (nSPS) is 17.1. The molecule has 0 fully saturated rings. The standard InChI is InChI=1S/C13H22N2/c1-9-5-7-13(8-6-9)12(4)15-11(3)10(2)14/h5-8,10-12,15H,14H2,1-4H3. The first-order valence-electron chi connectivity index (χ1n) is 5.59. The maximum atomic E-state index is 5.82. The van der Waals surface area contributed by atoms with Crippen LogP contribution in [0.15, 0.2) is 24.3 Å². The van der Waals surface area contributed by atoms with E-state index in [1.165, 1.54) is 11.1 Å². The van der Waals surface area contributed by atoms with Gasteiger partial charge in [0.1, 0.15) is 0 Å². The summed E-state index contributed by atoms with van der Waals surface area (Å²) in [7, 11) is 0. The Hall–Kier alpha value is -0.860. The van der Waals surface area contributed by atoms with Crippen molar-refractivity contribution in [2.75, 3.05) is 0 Å². The van der Waals surface area contributed by atoms with Crippen molar-refractivity contribution in [3.8, 4) is 0 Å². The monoisotopic (exact) mass is 206 g/mol. The van der Waals surface area contributed by atoms with Gasteiger partial charge in [0.2, 0.25) is 0 Å². The number of benzene rings is 1. The number of nitrogens with two attached hydrogens (primary N) is 1. The van der Waals surface area contributed by atoms with Crippen molar-refractivity contribution in [3.05, 3.63) is 35.4 Å². The summed E-state index contributed by atoms with van der Waals surface area (Å²) in [4.78, 5) is 0. The summed E-state index contributed by atoms with van der Waals surface area (Å²) in [5, 5.41) is 3.49. The second-order valence-electron chi connectivity index (χ2n) is 4.45. The Kier molecular flexibility index (Phi) is 4.30. The molecule has 0 aliphatic rings. The van der Waals surface area contributed by atoms with Gasteiger partial charge in [0.05, 0.1) is 0 Å². The highest BCUT2D eigenvalue weighted by Crippen LogP contribution is 2.13. The fourth-order valence-electron chi connectivity index (χ4n) is 1.50. The van der Waals surface area contributed by atoms with Crippen LogP contribution in [-0.2, 0) is 0 Å². The quantitative estimate of drug-likeness (QED) is 0.793. The molecule has 0 bridgehead atoms. The van der Waals surface area contributed by atoms with Gasteiger partial charge in [-0.1, -0.05) is 29.8 Å². The zero-order chi connectivity index (χ0) is 11.4. The van der Waals surface area contributed by atoms with Crippen molar-refractivity contribution in [1.82, 2.24) is 5.32 Å². The van der Waals surface area contributed by atoms with Gasteiger partial charge in [0.25, 0.3) is 0 Å². The minimum atomic E-state index is 0.179. The third-order valence-electron chi connectivity index (χ3n) is 2.88. The minimum Gasteiger partial charge on any atom is -0.327 e. The number of hydrogen-bond donors (Lipinski definition) is 2. The van der Waals surface area contributed by atoms with Crippen LogP contribution in [0, 0.1) is 6.92 Å². The first-order valence-corrected chi connectivity index (χ1v) is 5.59. The van der Waals surface area contributed by atoms with Crippen LogP contribution < -0.4 is 11.1 Å². The van der Waals surface area contributed by atoms with E-state index >= 15 is 0 Å². The lowest BCUT2D eigenvalue weighted by atomic mass is 10.0. The van der Waals surface area contributed by atoms with Crippen LogP contribution in [0.2, 0.25) is 0 Å². The zero-order valence-electron chi connectivity index (χ0n) is 10.1. The lowest BCUT2D eigenvalue weighted by Crippen LogP contribution is -2.41. The molecule has 3 atom stereocenters. The largest absolute Gasteiger partial charge is 0.327 e. The summed E-state index contributed by atoms with van der Waals surface area (Å²) in [5.41, 5.74) is 8.43. The van der Waals surface area contributed by atoms with Gasteiger partial charge in [-0.25, -0.2) is 0 Å². The van der Waals surface area contributed by atoms with Crippen LogP contribution in [0.3, 0.4) is 0 Å². The molecule has 0 aromatic heterocycles. The lowest BCUT2D eigenvalue weighted by molar-refractivity contribution is 0.430. The third-order valence-corrected chi connectivity index (χ3v) is 2.88. The van der Waals surface area contributed by atoms with E-state index in [0.29, 0.717) is 12.1 Å². The molecular weight excluding hydrogens is 184 g/mol. The predicted molar refractivity (Wildman–Crippen MR) is 65.8 cm³/mol. The molecule has 84 valence electrons. The molecule has 0 spiro atoms. The molecule has 0 aliphatic carbocycles. The average molecular weight is 206 g/mol. The first-order chi connectivity index (χ1) is 7.00. The van der Waals surface area contributed by atoms with Gasteiger partial charge >= 0.3 is 0 Å². The highest BCUT2D eigenvalue weighted by Gasteiger charge is 2.11. The summed E-state index contributed by atoms with van der Waals surface area (Å²) in [6.07, 6.45) is 0. The van der Waals surface area contributed by atoms with Crippen molar-refractivity contribution >= 4 is 0 Å². The number of nitrogens with one attached hydrogen (secondary N) is 1. The molecule has 1 aromatic rings. The van der Waals surface area contributed by atoms with E-state index in [-0.39, 0.29) is 6.04 Å². The van der Waals surface area contributed by atoms with Gasteiger partial charge in [-0.05, 0) is 33.3 Å². The van der Waals surface area contributed by atoms with E-state index < -0.39 is 0 Å². The zero-order valence-corrected chi connectivity index (χ0v) is 10.1. The van der Waals surface area contributed by atoms with E-state index in [9.17, 15) is 0 Å². The third kappa shape index (κ3) is 3.65. The molecule has 2 heteroatoms. The van der Waals surface area contributed by atoms with Crippen LogP contribution in [0.1, 0.15) is 37.9 Å².